The fraction of sp³-hybridized carbons (Fsp3) is 0.400. The third kappa shape index (κ3) is 5.36. The molecular weight excluding hydrogens is 325 g/mol. The molecule has 1 aromatic rings. The van der Waals surface area contributed by atoms with Gasteiger partial charge in [0.05, 0.1) is 17.0 Å². The van der Waals surface area contributed by atoms with E-state index >= 15 is 0 Å². The van der Waals surface area contributed by atoms with Gasteiger partial charge in [-0.15, -0.1) is 11.3 Å². The summed E-state index contributed by atoms with van der Waals surface area (Å²) in [6.45, 7) is 4.21. The van der Waals surface area contributed by atoms with E-state index < -0.39 is 7.75 Å². The highest BCUT2D eigenvalue weighted by Gasteiger charge is 2.20. The van der Waals surface area contributed by atoms with Gasteiger partial charge in [0.15, 0.2) is 0 Å². The predicted molar refractivity (Wildman–Crippen MR) is 75.0 cm³/mol. The molecule has 0 spiro atoms. The molecule has 0 atom stereocenters. The highest BCUT2D eigenvalue weighted by molar-refractivity contribution is 9.11. The third-order valence-corrected chi connectivity index (χ3v) is 4.92. The quantitative estimate of drug-likeness (QED) is 0.754. The monoisotopic (exact) mass is 339 g/mol. The van der Waals surface area contributed by atoms with Crippen LogP contribution in [-0.4, -0.2) is 13.2 Å². The van der Waals surface area contributed by atoms with Gasteiger partial charge in [-0.1, -0.05) is 0 Å². The molecule has 0 fully saturated rings. The van der Waals surface area contributed by atoms with Crippen LogP contribution in [0.4, 0.5) is 0 Å². The van der Waals surface area contributed by atoms with Crippen molar-refractivity contribution in [3.8, 4) is 0 Å². The molecule has 0 unspecified atom stereocenters. The smallest absolute Gasteiger partial charge is 0.300 e. The fourth-order valence-electron chi connectivity index (χ4n) is 1.08. The maximum atomic E-state index is 12.0. The zero-order valence-corrected chi connectivity index (χ0v) is 13.0. The van der Waals surface area contributed by atoms with Crippen LogP contribution in [0, 0.1) is 0 Å². The SMILES string of the molecule is CCOP(=O)(N/C=C/c1ccc(Br)s1)OCC. The maximum Gasteiger partial charge on any atom is 0.432 e. The van der Waals surface area contributed by atoms with Gasteiger partial charge in [-0.2, -0.15) is 0 Å². The first-order valence-electron chi connectivity index (χ1n) is 5.18. The molecule has 7 heteroatoms. The lowest BCUT2D eigenvalue weighted by atomic mass is 10.5. The molecule has 17 heavy (non-hydrogen) atoms. The van der Waals surface area contributed by atoms with Crippen LogP contribution < -0.4 is 5.09 Å². The van der Waals surface area contributed by atoms with Gasteiger partial charge in [-0.05, 0) is 48.0 Å². The largest absolute Gasteiger partial charge is 0.432 e. The molecule has 1 N–H and O–H groups in total. The zero-order valence-electron chi connectivity index (χ0n) is 9.68. The lowest BCUT2D eigenvalue weighted by molar-refractivity contribution is 0.215. The second kappa shape index (κ2) is 7.34. The van der Waals surface area contributed by atoms with Crippen LogP contribution in [-0.2, 0) is 13.6 Å². The van der Waals surface area contributed by atoms with Gasteiger partial charge in [0, 0.05) is 11.1 Å². The van der Waals surface area contributed by atoms with Crippen LogP contribution in [0.15, 0.2) is 22.1 Å². The van der Waals surface area contributed by atoms with E-state index in [2.05, 4.69) is 21.0 Å². The Kier molecular flexibility index (Phi) is 6.44. The summed E-state index contributed by atoms with van der Waals surface area (Å²) in [5.41, 5.74) is 0. The summed E-state index contributed by atoms with van der Waals surface area (Å²) in [5, 5.41) is 2.68. The predicted octanol–water partition coefficient (Wildman–Crippen LogP) is 4.25. The molecule has 1 heterocycles. The molecule has 96 valence electrons. The third-order valence-electron chi connectivity index (χ3n) is 1.67. The average Bonchev–Trinajstić information content (AvgIpc) is 2.65. The van der Waals surface area contributed by atoms with Crippen LogP contribution in [0.5, 0.6) is 0 Å². The first-order chi connectivity index (χ1) is 8.09. The molecule has 0 radical (unpaired) electrons. The number of halogens is 1. The van der Waals surface area contributed by atoms with Crippen LogP contribution in [0.1, 0.15) is 18.7 Å². The van der Waals surface area contributed by atoms with Crippen LogP contribution in [0.3, 0.4) is 0 Å². The summed E-state index contributed by atoms with van der Waals surface area (Å²) in [7, 11) is -3.19. The lowest BCUT2D eigenvalue weighted by Crippen LogP contribution is -2.08. The van der Waals surface area contributed by atoms with E-state index in [0.717, 1.165) is 8.66 Å². The summed E-state index contributed by atoms with van der Waals surface area (Å²) in [6.07, 6.45) is 3.41. The van der Waals surface area contributed by atoms with E-state index in [0.29, 0.717) is 13.2 Å². The highest BCUT2D eigenvalue weighted by Crippen LogP contribution is 2.43. The van der Waals surface area contributed by atoms with E-state index in [-0.39, 0.29) is 0 Å². The van der Waals surface area contributed by atoms with E-state index in [9.17, 15) is 4.57 Å². The molecule has 0 saturated carbocycles. The topological polar surface area (TPSA) is 47.6 Å². The van der Waals surface area contributed by atoms with Gasteiger partial charge in [-0.25, -0.2) is 4.57 Å². The Hall–Kier alpha value is -0.130. The first-order valence-corrected chi connectivity index (χ1v) is 8.33. The van der Waals surface area contributed by atoms with Gasteiger partial charge in [-0.3, -0.25) is 14.1 Å². The highest BCUT2D eigenvalue weighted by atomic mass is 79.9. The van der Waals surface area contributed by atoms with E-state index in [4.69, 9.17) is 9.05 Å². The van der Waals surface area contributed by atoms with Crippen molar-refractivity contribution in [1.82, 2.24) is 5.09 Å². The van der Waals surface area contributed by atoms with Crippen molar-refractivity contribution in [3.63, 3.8) is 0 Å². The van der Waals surface area contributed by atoms with Gasteiger partial charge in [0.1, 0.15) is 0 Å². The molecular formula is C10H15BrNO3PS. The molecule has 0 aliphatic heterocycles. The van der Waals surface area contributed by atoms with E-state index in [1.54, 1.807) is 31.4 Å². The Morgan fingerprint density at radius 3 is 2.53 bits per heavy atom. The minimum atomic E-state index is -3.19. The zero-order chi connectivity index (χ0) is 12.7. The first kappa shape index (κ1) is 14.9. The summed E-state index contributed by atoms with van der Waals surface area (Å²) < 4.78 is 23.2. The van der Waals surface area contributed by atoms with Crippen LogP contribution >= 0.6 is 35.0 Å². The van der Waals surface area contributed by atoms with Gasteiger partial charge in [0.2, 0.25) is 0 Å². The molecule has 0 amide bonds. The van der Waals surface area contributed by atoms with Crippen molar-refractivity contribution in [2.75, 3.05) is 13.2 Å². The van der Waals surface area contributed by atoms with E-state index in [1.165, 1.54) is 0 Å². The average molecular weight is 340 g/mol. The molecule has 1 rings (SSSR count). The lowest BCUT2D eigenvalue weighted by Gasteiger charge is -2.15. The number of thiophene rings is 1. The second-order valence-corrected chi connectivity index (χ2v) is 7.20. The standard InChI is InChI=1S/C10H15BrNO3PS/c1-3-14-16(13,15-4-2)12-8-7-9-5-6-10(11)17-9/h5-8H,3-4H2,1-2H3,(H,12,13)/b8-7+. The normalized spacial score (nSPS) is 12.2. The van der Waals surface area contributed by atoms with E-state index in [1.807, 2.05) is 18.2 Å². The number of hydrogen-bond donors (Lipinski definition) is 1. The van der Waals surface area contributed by atoms with Crippen molar-refractivity contribution in [2.24, 2.45) is 0 Å². The minimum Gasteiger partial charge on any atom is -0.300 e. The molecule has 0 aromatic carbocycles. The molecule has 0 aliphatic rings. The summed E-state index contributed by atoms with van der Waals surface area (Å²) in [5.74, 6) is 0. The Bertz CT molecular complexity index is 411. The number of hydrogen-bond acceptors (Lipinski definition) is 4. The number of rotatable bonds is 7. The summed E-state index contributed by atoms with van der Waals surface area (Å²) in [4.78, 5) is 1.05. The summed E-state index contributed by atoms with van der Waals surface area (Å²) >= 11 is 4.96. The van der Waals surface area contributed by atoms with Gasteiger partial charge in [0.25, 0.3) is 0 Å². The van der Waals surface area contributed by atoms with Gasteiger partial charge < -0.3 is 0 Å². The molecule has 0 saturated heterocycles. The molecule has 0 aliphatic carbocycles. The Balaban J connectivity index is 2.57. The molecule has 4 nitrogen and oxygen atoms in total. The van der Waals surface area contributed by atoms with Crippen LogP contribution in [0.25, 0.3) is 6.08 Å². The van der Waals surface area contributed by atoms with Crippen molar-refractivity contribution < 1.29 is 13.6 Å². The Morgan fingerprint density at radius 1 is 1.41 bits per heavy atom. The van der Waals surface area contributed by atoms with Crippen molar-refractivity contribution in [1.29, 1.82) is 0 Å². The van der Waals surface area contributed by atoms with Gasteiger partial charge >= 0.3 is 7.75 Å². The maximum absolute atomic E-state index is 12.0. The Labute approximate surface area is 114 Å². The molecule has 0 bridgehead atoms. The fourth-order valence-corrected chi connectivity index (χ4v) is 3.57. The van der Waals surface area contributed by atoms with Crippen molar-refractivity contribution >= 4 is 41.1 Å². The minimum absolute atomic E-state index is 0.336. The van der Waals surface area contributed by atoms with Crippen molar-refractivity contribution in [3.05, 3.63) is 27.0 Å². The summed E-state index contributed by atoms with van der Waals surface area (Å²) in [6, 6.07) is 3.91. The second-order valence-electron chi connectivity index (χ2n) is 2.94. The van der Waals surface area contributed by atoms with Crippen molar-refractivity contribution in [2.45, 2.75) is 13.8 Å². The molecule has 1 aromatic heterocycles. The Morgan fingerprint density at radius 2 is 2.06 bits per heavy atom. The van der Waals surface area contributed by atoms with Crippen LogP contribution in [0.2, 0.25) is 0 Å². The number of nitrogens with one attached hydrogen (secondary N) is 1.